The highest BCUT2D eigenvalue weighted by atomic mass is 16.2. The lowest BCUT2D eigenvalue weighted by molar-refractivity contribution is -0.142. The van der Waals surface area contributed by atoms with Gasteiger partial charge in [0, 0.05) is 50.5 Å². The summed E-state index contributed by atoms with van der Waals surface area (Å²) in [6.45, 7) is 10.6. The largest absolute Gasteiger partial charge is 0.354 e. The minimum atomic E-state index is 0.0406. The molecule has 0 bridgehead atoms. The van der Waals surface area contributed by atoms with E-state index in [1.807, 2.05) is 11.8 Å². The number of piperidine rings is 1. The molecule has 1 amide bonds. The molecule has 8 nitrogen and oxygen atoms in total. The van der Waals surface area contributed by atoms with Gasteiger partial charge >= 0.3 is 0 Å². The molecule has 1 unspecified atom stereocenters. The molecule has 2 fully saturated rings. The van der Waals surface area contributed by atoms with Crippen molar-refractivity contribution in [2.75, 3.05) is 37.6 Å². The van der Waals surface area contributed by atoms with Gasteiger partial charge in [-0.2, -0.15) is 14.6 Å². The zero-order valence-corrected chi connectivity index (χ0v) is 15.8. The number of hydrogen-bond donors (Lipinski definition) is 0. The molecule has 0 N–H and O–H groups in total. The number of aromatic nitrogens is 4. The molecule has 8 heteroatoms. The zero-order valence-electron chi connectivity index (χ0n) is 15.8. The number of amides is 1. The van der Waals surface area contributed by atoms with Crippen molar-refractivity contribution in [1.82, 2.24) is 29.4 Å². The van der Waals surface area contributed by atoms with E-state index >= 15 is 0 Å². The van der Waals surface area contributed by atoms with Gasteiger partial charge < -0.3 is 9.80 Å². The smallest absolute Gasteiger partial charge is 0.254 e. The number of likely N-dealkylation sites (tertiary alicyclic amines) is 1. The van der Waals surface area contributed by atoms with Crippen LogP contribution in [-0.4, -0.2) is 80.1 Å². The van der Waals surface area contributed by atoms with E-state index in [4.69, 9.17) is 0 Å². The fraction of sp³-hybridized carbons (Fsp3) is 0.667. The van der Waals surface area contributed by atoms with Crippen LogP contribution in [0, 0.1) is 6.92 Å². The zero-order chi connectivity index (χ0) is 18.3. The fourth-order valence-electron chi connectivity index (χ4n) is 4.13. The Balaban J connectivity index is 1.47. The number of aryl methyl sites for hydroxylation is 1. The van der Waals surface area contributed by atoms with Crippen LogP contribution in [0.4, 0.5) is 5.82 Å². The molecule has 0 aliphatic carbocycles. The maximum atomic E-state index is 12.8. The molecule has 4 rings (SSSR count). The van der Waals surface area contributed by atoms with Gasteiger partial charge in [-0.15, -0.1) is 0 Å². The topological polar surface area (TPSA) is 69.9 Å². The van der Waals surface area contributed by atoms with E-state index in [0.29, 0.717) is 11.7 Å². The second-order valence-corrected chi connectivity index (χ2v) is 7.53. The highest BCUT2D eigenvalue weighted by Gasteiger charge is 2.35. The van der Waals surface area contributed by atoms with Crippen LogP contribution in [0.1, 0.15) is 32.4 Å². The molecular weight excluding hydrogens is 330 g/mol. The SMILES string of the molecule is Cc1cc(N2CCN(C3CCCN(C(C)C)C3=O)CC2)n2ncnc2n1. The van der Waals surface area contributed by atoms with Gasteiger partial charge in [-0.3, -0.25) is 9.69 Å². The van der Waals surface area contributed by atoms with Crippen LogP contribution in [0.2, 0.25) is 0 Å². The van der Waals surface area contributed by atoms with E-state index in [1.165, 1.54) is 0 Å². The van der Waals surface area contributed by atoms with Crippen LogP contribution in [0.5, 0.6) is 0 Å². The third-order valence-electron chi connectivity index (χ3n) is 5.51. The Kier molecular flexibility index (Phi) is 4.52. The first-order chi connectivity index (χ1) is 12.5. The lowest BCUT2D eigenvalue weighted by atomic mass is 10.0. The predicted octanol–water partition coefficient (Wildman–Crippen LogP) is 0.954. The molecule has 2 aliphatic rings. The Morgan fingerprint density at radius 2 is 1.92 bits per heavy atom. The van der Waals surface area contributed by atoms with Crippen LogP contribution in [0.15, 0.2) is 12.4 Å². The number of carbonyl (C=O) groups excluding carboxylic acids is 1. The lowest BCUT2D eigenvalue weighted by Gasteiger charge is -2.44. The van der Waals surface area contributed by atoms with Crippen molar-refractivity contribution in [3.63, 3.8) is 0 Å². The number of hydrogen-bond acceptors (Lipinski definition) is 6. The molecule has 2 aliphatic heterocycles. The molecule has 2 saturated heterocycles. The Bertz CT molecular complexity index is 794. The number of nitrogens with zero attached hydrogens (tertiary/aromatic N) is 7. The van der Waals surface area contributed by atoms with Crippen molar-refractivity contribution in [1.29, 1.82) is 0 Å². The monoisotopic (exact) mass is 357 g/mol. The first-order valence-electron chi connectivity index (χ1n) is 9.51. The van der Waals surface area contributed by atoms with E-state index in [9.17, 15) is 4.79 Å². The summed E-state index contributed by atoms with van der Waals surface area (Å²) in [5.41, 5.74) is 0.943. The minimum Gasteiger partial charge on any atom is -0.354 e. The molecule has 0 radical (unpaired) electrons. The first kappa shape index (κ1) is 17.2. The van der Waals surface area contributed by atoms with Crippen molar-refractivity contribution >= 4 is 17.5 Å². The van der Waals surface area contributed by atoms with Crippen molar-refractivity contribution in [2.45, 2.75) is 45.7 Å². The average Bonchev–Trinajstić information content (AvgIpc) is 3.09. The highest BCUT2D eigenvalue weighted by Crippen LogP contribution is 2.23. The standard InChI is InChI=1S/C18H27N7O/c1-13(2)24-6-4-5-15(17(24)26)22-7-9-23(10-8-22)16-11-14(3)21-18-19-12-20-25(16)18/h11-13,15H,4-10H2,1-3H3. The summed E-state index contributed by atoms with van der Waals surface area (Å²) in [6.07, 6.45) is 3.62. The maximum Gasteiger partial charge on any atom is 0.254 e. The van der Waals surface area contributed by atoms with E-state index in [-0.39, 0.29) is 12.1 Å². The van der Waals surface area contributed by atoms with Gasteiger partial charge in [0.25, 0.3) is 5.78 Å². The van der Waals surface area contributed by atoms with Crippen LogP contribution in [0.3, 0.4) is 0 Å². The second kappa shape index (κ2) is 6.83. The molecule has 4 heterocycles. The maximum absolute atomic E-state index is 12.8. The van der Waals surface area contributed by atoms with Gasteiger partial charge in [0.05, 0.1) is 6.04 Å². The quantitative estimate of drug-likeness (QED) is 0.815. The van der Waals surface area contributed by atoms with Gasteiger partial charge in [0.1, 0.15) is 12.1 Å². The normalized spacial score (nSPS) is 22.6. The molecule has 2 aromatic rings. The van der Waals surface area contributed by atoms with E-state index in [1.54, 1.807) is 10.8 Å². The predicted molar refractivity (Wildman–Crippen MR) is 99.2 cm³/mol. The minimum absolute atomic E-state index is 0.0406. The number of carbonyl (C=O) groups is 1. The molecule has 0 spiro atoms. The molecule has 2 aromatic heterocycles. The van der Waals surface area contributed by atoms with Gasteiger partial charge in [0.15, 0.2) is 0 Å². The average molecular weight is 357 g/mol. The van der Waals surface area contributed by atoms with E-state index < -0.39 is 0 Å². The lowest BCUT2D eigenvalue weighted by Crippen LogP contribution is -2.58. The second-order valence-electron chi connectivity index (χ2n) is 7.53. The molecule has 0 aromatic carbocycles. The Morgan fingerprint density at radius 3 is 2.65 bits per heavy atom. The summed E-state index contributed by atoms with van der Waals surface area (Å²) in [5, 5.41) is 4.31. The Labute approximate surface area is 153 Å². The molecule has 0 saturated carbocycles. The number of piperazine rings is 1. The third-order valence-corrected chi connectivity index (χ3v) is 5.51. The van der Waals surface area contributed by atoms with Crippen molar-refractivity contribution in [3.05, 3.63) is 18.1 Å². The van der Waals surface area contributed by atoms with Gasteiger partial charge in [0.2, 0.25) is 5.91 Å². The fourth-order valence-corrected chi connectivity index (χ4v) is 4.13. The van der Waals surface area contributed by atoms with Crippen molar-refractivity contribution in [3.8, 4) is 0 Å². The number of fused-ring (bicyclic) bond motifs is 1. The molecule has 26 heavy (non-hydrogen) atoms. The highest BCUT2D eigenvalue weighted by molar-refractivity contribution is 5.83. The Hall–Kier alpha value is -2.22. The first-order valence-corrected chi connectivity index (χ1v) is 9.51. The Morgan fingerprint density at radius 1 is 1.15 bits per heavy atom. The number of anilines is 1. The van der Waals surface area contributed by atoms with E-state index in [2.05, 4.69) is 44.8 Å². The summed E-state index contributed by atoms with van der Waals surface area (Å²) in [7, 11) is 0. The summed E-state index contributed by atoms with van der Waals surface area (Å²) < 4.78 is 1.80. The van der Waals surface area contributed by atoms with Crippen LogP contribution < -0.4 is 4.90 Å². The van der Waals surface area contributed by atoms with Crippen LogP contribution >= 0.6 is 0 Å². The van der Waals surface area contributed by atoms with Crippen LogP contribution in [0.25, 0.3) is 5.78 Å². The summed E-state index contributed by atoms with van der Waals surface area (Å²) in [5.74, 6) is 1.97. The third kappa shape index (κ3) is 3.02. The summed E-state index contributed by atoms with van der Waals surface area (Å²) in [6, 6.07) is 2.38. The summed E-state index contributed by atoms with van der Waals surface area (Å²) in [4.78, 5) is 28.2. The molecule has 140 valence electrons. The molecule has 1 atom stereocenters. The van der Waals surface area contributed by atoms with Crippen molar-refractivity contribution < 1.29 is 4.79 Å². The van der Waals surface area contributed by atoms with Crippen LogP contribution in [-0.2, 0) is 4.79 Å². The summed E-state index contributed by atoms with van der Waals surface area (Å²) >= 11 is 0. The van der Waals surface area contributed by atoms with Gasteiger partial charge in [-0.1, -0.05) is 0 Å². The van der Waals surface area contributed by atoms with Crippen molar-refractivity contribution in [2.24, 2.45) is 0 Å². The van der Waals surface area contributed by atoms with E-state index in [0.717, 1.165) is 57.1 Å². The van der Waals surface area contributed by atoms with Gasteiger partial charge in [-0.05, 0) is 33.6 Å². The molecular formula is C18H27N7O. The number of rotatable bonds is 3. The van der Waals surface area contributed by atoms with Gasteiger partial charge in [-0.25, -0.2) is 4.98 Å².